The molecule has 0 aliphatic carbocycles. The number of aromatic nitrogens is 1. The van der Waals surface area contributed by atoms with Gasteiger partial charge in [-0.2, -0.15) is 0 Å². The number of anilines is 1. The second kappa shape index (κ2) is 9.88. The molecule has 0 fully saturated rings. The Morgan fingerprint density at radius 1 is 0.778 bits per heavy atom. The molecule has 0 bridgehead atoms. The maximum atomic E-state index is 12.9. The lowest BCUT2D eigenvalue weighted by molar-refractivity contribution is -0.153. The van der Waals surface area contributed by atoms with Crippen molar-refractivity contribution >= 4 is 39.4 Å². The molecule has 36 heavy (non-hydrogen) atoms. The van der Waals surface area contributed by atoms with Crippen molar-refractivity contribution in [3.05, 3.63) is 113 Å². The molecule has 0 aliphatic heterocycles. The average Bonchev–Trinajstić information content (AvgIpc) is 2.92. The summed E-state index contributed by atoms with van der Waals surface area (Å²) in [5.74, 6) is -1.01. The Bertz CT molecular complexity index is 1580. The first kappa shape index (κ1) is 23.1. The Kier molecular flexibility index (Phi) is 6.33. The van der Waals surface area contributed by atoms with Crippen LogP contribution in [0.4, 0.5) is 5.69 Å². The van der Waals surface area contributed by atoms with Gasteiger partial charge >= 0.3 is 5.97 Å². The number of hydrogen-bond acceptors (Lipinski definition) is 4. The van der Waals surface area contributed by atoms with E-state index < -0.39 is 18.0 Å². The zero-order chi connectivity index (χ0) is 25.1. The monoisotopic (exact) mass is 476 g/mol. The predicted molar refractivity (Wildman–Crippen MR) is 142 cm³/mol. The first-order chi connectivity index (χ1) is 17.5. The van der Waals surface area contributed by atoms with E-state index in [1.165, 1.54) is 0 Å². The summed E-state index contributed by atoms with van der Waals surface area (Å²) < 4.78 is 7.27. The van der Waals surface area contributed by atoms with Crippen LogP contribution in [0.5, 0.6) is 0 Å². The molecule has 1 atom stereocenters. The molecule has 1 amide bonds. The number of para-hydroxylation sites is 3. The van der Waals surface area contributed by atoms with Crippen LogP contribution in [0.2, 0.25) is 0 Å². The summed E-state index contributed by atoms with van der Waals surface area (Å²) >= 11 is 0. The molecule has 1 heterocycles. The summed E-state index contributed by atoms with van der Waals surface area (Å²) in [6, 6.07) is 31.5. The number of pyridine rings is 1. The van der Waals surface area contributed by atoms with Crippen LogP contribution in [0.15, 0.2) is 108 Å². The van der Waals surface area contributed by atoms with E-state index in [4.69, 9.17) is 4.74 Å². The van der Waals surface area contributed by atoms with Gasteiger partial charge in [0.25, 0.3) is 5.91 Å². The Labute approximate surface area is 207 Å². The van der Waals surface area contributed by atoms with E-state index in [2.05, 4.69) is 5.32 Å². The van der Waals surface area contributed by atoms with Gasteiger partial charge in [0.1, 0.15) is 6.54 Å². The summed E-state index contributed by atoms with van der Waals surface area (Å²) in [6.45, 7) is 1.40. The third-order valence-corrected chi connectivity index (χ3v) is 6.11. The molecule has 5 aromatic rings. The molecule has 178 valence electrons. The summed E-state index contributed by atoms with van der Waals surface area (Å²) in [5, 5.41) is 3.92. The van der Waals surface area contributed by atoms with Gasteiger partial charge in [0.15, 0.2) is 11.5 Å². The van der Waals surface area contributed by atoms with Crippen LogP contribution < -0.4 is 10.7 Å². The van der Waals surface area contributed by atoms with Gasteiger partial charge in [-0.1, -0.05) is 72.8 Å². The van der Waals surface area contributed by atoms with E-state index in [-0.39, 0.29) is 12.0 Å². The van der Waals surface area contributed by atoms with E-state index in [1.54, 1.807) is 47.9 Å². The third kappa shape index (κ3) is 4.49. The first-order valence-electron chi connectivity index (χ1n) is 11.7. The summed E-state index contributed by atoms with van der Waals surface area (Å²) in [6.07, 6.45) is -1.02. The number of ether oxygens (including phenoxy) is 1. The highest BCUT2D eigenvalue weighted by Gasteiger charge is 2.21. The molecule has 0 aliphatic rings. The molecule has 4 aromatic carbocycles. The molecule has 1 N–H and O–H groups in total. The average molecular weight is 477 g/mol. The van der Waals surface area contributed by atoms with Crippen LogP contribution in [0.1, 0.15) is 6.92 Å². The van der Waals surface area contributed by atoms with E-state index in [0.29, 0.717) is 27.5 Å². The van der Waals surface area contributed by atoms with Gasteiger partial charge in [0, 0.05) is 22.0 Å². The summed E-state index contributed by atoms with van der Waals surface area (Å²) in [5.41, 5.74) is 3.65. The van der Waals surface area contributed by atoms with E-state index >= 15 is 0 Å². The van der Waals surface area contributed by atoms with Gasteiger partial charge in [-0.15, -0.1) is 0 Å². The van der Waals surface area contributed by atoms with Gasteiger partial charge < -0.3 is 14.6 Å². The fourth-order valence-electron chi connectivity index (χ4n) is 4.36. The van der Waals surface area contributed by atoms with Gasteiger partial charge in [-0.25, -0.2) is 0 Å². The van der Waals surface area contributed by atoms with Crippen molar-refractivity contribution in [2.45, 2.75) is 19.6 Å². The minimum atomic E-state index is -1.02. The molecule has 0 saturated carbocycles. The molecule has 6 nitrogen and oxygen atoms in total. The second-order valence-corrected chi connectivity index (χ2v) is 8.48. The van der Waals surface area contributed by atoms with Gasteiger partial charge in [-0.05, 0) is 42.8 Å². The van der Waals surface area contributed by atoms with Crippen molar-refractivity contribution in [1.82, 2.24) is 4.57 Å². The maximum Gasteiger partial charge on any atom is 0.326 e. The predicted octanol–water partition coefficient (Wildman–Crippen LogP) is 5.39. The number of carbonyl (C=O) groups excluding carboxylic acids is 2. The van der Waals surface area contributed by atoms with E-state index in [0.717, 1.165) is 11.1 Å². The van der Waals surface area contributed by atoms with Crippen LogP contribution >= 0.6 is 0 Å². The van der Waals surface area contributed by atoms with Crippen LogP contribution in [0.3, 0.4) is 0 Å². The maximum absolute atomic E-state index is 12.9. The fourth-order valence-corrected chi connectivity index (χ4v) is 4.36. The highest BCUT2D eigenvalue weighted by Crippen LogP contribution is 2.27. The summed E-state index contributed by atoms with van der Waals surface area (Å²) in [7, 11) is 0. The second-order valence-electron chi connectivity index (χ2n) is 8.48. The Morgan fingerprint density at radius 2 is 1.33 bits per heavy atom. The van der Waals surface area contributed by atoms with Gasteiger partial charge in [0.05, 0.1) is 11.0 Å². The van der Waals surface area contributed by atoms with Crippen LogP contribution in [0, 0.1) is 0 Å². The fraction of sp³-hybridized carbons (Fsp3) is 0.100. The molecule has 0 spiro atoms. The lowest BCUT2D eigenvalue weighted by Gasteiger charge is -2.18. The number of benzene rings is 4. The quantitative estimate of drug-likeness (QED) is 0.263. The molecule has 1 aromatic heterocycles. The number of hydrogen-bond donors (Lipinski definition) is 1. The van der Waals surface area contributed by atoms with Gasteiger partial charge in [0.2, 0.25) is 0 Å². The van der Waals surface area contributed by atoms with Crippen molar-refractivity contribution in [3.8, 4) is 11.1 Å². The smallest absolute Gasteiger partial charge is 0.326 e. The topological polar surface area (TPSA) is 77.4 Å². The standard InChI is InChI=1S/C30H24N2O4/c1-20(30(35)31-25-16-8-5-13-22(25)21-11-3-2-4-12-21)36-28(33)19-32-26-17-9-6-14-23(26)29(34)24-15-7-10-18-27(24)32/h2-18,20H,19H2,1H3,(H,31,35). The minimum absolute atomic E-state index is 0.0874. The van der Waals surface area contributed by atoms with E-state index in [9.17, 15) is 14.4 Å². The highest BCUT2D eigenvalue weighted by molar-refractivity contribution is 5.99. The zero-order valence-corrected chi connectivity index (χ0v) is 19.7. The number of carbonyl (C=O) groups is 2. The van der Waals surface area contributed by atoms with Gasteiger partial charge in [-0.3, -0.25) is 14.4 Å². The molecule has 5 rings (SSSR count). The molecular weight excluding hydrogens is 452 g/mol. The third-order valence-electron chi connectivity index (χ3n) is 6.11. The molecule has 1 unspecified atom stereocenters. The van der Waals surface area contributed by atoms with Crippen LogP contribution in [0.25, 0.3) is 32.9 Å². The lowest BCUT2D eigenvalue weighted by atomic mass is 10.0. The minimum Gasteiger partial charge on any atom is -0.451 e. The normalized spacial score (nSPS) is 11.8. The Balaban J connectivity index is 1.36. The molecule has 0 radical (unpaired) electrons. The number of fused-ring (bicyclic) bond motifs is 2. The number of esters is 1. The number of rotatable bonds is 6. The van der Waals surface area contributed by atoms with Crippen LogP contribution in [-0.4, -0.2) is 22.5 Å². The van der Waals surface area contributed by atoms with Crippen LogP contribution in [-0.2, 0) is 20.9 Å². The largest absolute Gasteiger partial charge is 0.451 e. The summed E-state index contributed by atoms with van der Waals surface area (Å²) in [4.78, 5) is 38.8. The van der Waals surface area contributed by atoms with Crippen molar-refractivity contribution in [2.75, 3.05) is 5.32 Å². The van der Waals surface area contributed by atoms with Crippen molar-refractivity contribution in [1.29, 1.82) is 0 Å². The first-order valence-corrected chi connectivity index (χ1v) is 11.7. The van der Waals surface area contributed by atoms with Crippen molar-refractivity contribution in [3.63, 3.8) is 0 Å². The number of nitrogens with one attached hydrogen (secondary N) is 1. The van der Waals surface area contributed by atoms with E-state index in [1.807, 2.05) is 66.7 Å². The number of nitrogens with zero attached hydrogens (tertiary/aromatic N) is 1. The van der Waals surface area contributed by atoms with Crippen molar-refractivity contribution in [2.24, 2.45) is 0 Å². The number of amides is 1. The molecule has 0 saturated heterocycles. The highest BCUT2D eigenvalue weighted by atomic mass is 16.5. The zero-order valence-electron chi connectivity index (χ0n) is 19.7. The lowest BCUT2D eigenvalue weighted by Crippen LogP contribution is -2.31. The van der Waals surface area contributed by atoms with Crippen molar-refractivity contribution < 1.29 is 14.3 Å². The SMILES string of the molecule is CC(OC(=O)Cn1c2ccccc2c(=O)c2ccccc21)C(=O)Nc1ccccc1-c1ccccc1. The Hall–Kier alpha value is -4.71. The molecule has 6 heteroatoms. The Morgan fingerprint density at radius 3 is 2.00 bits per heavy atom. The molecular formula is C30H24N2O4.